The molecule has 0 saturated carbocycles. The maximum absolute atomic E-state index is 12.1. The summed E-state index contributed by atoms with van der Waals surface area (Å²) in [5.41, 5.74) is 0.894. The number of para-hydroxylation sites is 1. The molecule has 0 radical (unpaired) electrons. The fraction of sp³-hybridized carbons (Fsp3) is 0.316. The molecule has 4 heteroatoms. The van der Waals surface area contributed by atoms with Crippen molar-refractivity contribution in [1.82, 2.24) is 4.90 Å². The molecule has 0 amide bonds. The number of ether oxygens (including phenoxy) is 1. The first kappa shape index (κ1) is 15.6. The molecule has 1 saturated heterocycles. The first-order chi connectivity index (χ1) is 11.3. The summed E-state index contributed by atoms with van der Waals surface area (Å²) in [5.74, 6) is 0.916. The number of benzene rings is 1. The Morgan fingerprint density at radius 2 is 1.48 bits per heavy atom. The minimum Gasteiger partial charge on any atom is -0.492 e. The smallest absolute Gasteiger partial charge is 0.201 e. The third-order valence-corrected chi connectivity index (χ3v) is 4.11. The molecule has 2 aromatic rings. The van der Waals surface area contributed by atoms with Gasteiger partial charge in [-0.05, 0) is 24.3 Å². The molecule has 2 aromatic carbocycles. The highest BCUT2D eigenvalue weighted by atomic mass is 16.5. The zero-order valence-corrected chi connectivity index (χ0v) is 13.2. The van der Waals surface area contributed by atoms with Crippen molar-refractivity contribution in [1.29, 1.82) is 0 Å². The van der Waals surface area contributed by atoms with Gasteiger partial charge in [0.2, 0.25) is 5.43 Å². The number of hydrogen-bond acceptors (Lipinski definition) is 4. The van der Waals surface area contributed by atoms with Gasteiger partial charge in [0.25, 0.3) is 0 Å². The molecule has 0 unspecified atom stereocenters. The molecule has 3 rings (SSSR count). The number of piperazine rings is 1. The van der Waals surface area contributed by atoms with Crippen molar-refractivity contribution in [2.24, 2.45) is 0 Å². The van der Waals surface area contributed by atoms with Crippen LogP contribution in [0.2, 0.25) is 0 Å². The summed E-state index contributed by atoms with van der Waals surface area (Å²) in [6.07, 6.45) is 0. The normalized spacial score (nSPS) is 15.4. The predicted octanol–water partition coefficient (Wildman–Crippen LogP) is 2.25. The Bertz CT molecular complexity index is 667. The van der Waals surface area contributed by atoms with E-state index in [9.17, 15) is 4.79 Å². The number of nitrogens with zero attached hydrogens (tertiary/aromatic N) is 2. The molecule has 120 valence electrons. The van der Waals surface area contributed by atoms with Crippen molar-refractivity contribution in [2.75, 3.05) is 44.2 Å². The van der Waals surface area contributed by atoms with E-state index in [4.69, 9.17) is 4.74 Å². The highest BCUT2D eigenvalue weighted by Gasteiger charge is 2.18. The summed E-state index contributed by atoms with van der Waals surface area (Å²) in [7, 11) is 0. The van der Waals surface area contributed by atoms with Crippen molar-refractivity contribution in [3.05, 3.63) is 70.9 Å². The lowest BCUT2D eigenvalue weighted by Crippen LogP contribution is -2.48. The van der Waals surface area contributed by atoms with Gasteiger partial charge in [-0.15, -0.1) is 0 Å². The second kappa shape index (κ2) is 7.79. The van der Waals surface area contributed by atoms with Crippen LogP contribution in [-0.2, 0) is 0 Å². The lowest BCUT2D eigenvalue weighted by atomic mass is 10.2. The van der Waals surface area contributed by atoms with E-state index in [0.717, 1.165) is 44.2 Å². The highest BCUT2D eigenvalue weighted by molar-refractivity contribution is 5.45. The molecule has 4 nitrogen and oxygen atoms in total. The second-order valence-corrected chi connectivity index (χ2v) is 5.65. The van der Waals surface area contributed by atoms with Gasteiger partial charge >= 0.3 is 0 Å². The average Bonchev–Trinajstić information content (AvgIpc) is 2.81. The first-order valence-corrected chi connectivity index (χ1v) is 8.07. The van der Waals surface area contributed by atoms with Crippen LogP contribution in [0.1, 0.15) is 0 Å². The predicted molar refractivity (Wildman–Crippen MR) is 93.3 cm³/mol. The van der Waals surface area contributed by atoms with Crippen LogP contribution in [0.5, 0.6) is 5.75 Å². The fourth-order valence-corrected chi connectivity index (χ4v) is 2.80. The van der Waals surface area contributed by atoms with Crippen LogP contribution >= 0.6 is 0 Å². The van der Waals surface area contributed by atoms with Crippen molar-refractivity contribution < 1.29 is 4.74 Å². The maximum Gasteiger partial charge on any atom is 0.201 e. The summed E-state index contributed by atoms with van der Waals surface area (Å²) >= 11 is 0. The van der Waals surface area contributed by atoms with Gasteiger partial charge in [0.1, 0.15) is 12.4 Å². The van der Waals surface area contributed by atoms with Gasteiger partial charge in [-0.1, -0.05) is 36.4 Å². The van der Waals surface area contributed by atoms with Crippen molar-refractivity contribution >= 4 is 5.69 Å². The van der Waals surface area contributed by atoms with Crippen LogP contribution in [0.25, 0.3) is 0 Å². The average molecular weight is 310 g/mol. The van der Waals surface area contributed by atoms with Gasteiger partial charge in [-0.3, -0.25) is 9.69 Å². The van der Waals surface area contributed by atoms with Gasteiger partial charge in [-0.25, -0.2) is 0 Å². The summed E-state index contributed by atoms with van der Waals surface area (Å²) in [4.78, 5) is 16.6. The van der Waals surface area contributed by atoms with E-state index in [0.29, 0.717) is 6.61 Å². The van der Waals surface area contributed by atoms with Gasteiger partial charge in [-0.2, -0.15) is 0 Å². The quantitative estimate of drug-likeness (QED) is 0.848. The summed E-state index contributed by atoms with van der Waals surface area (Å²) in [5, 5.41) is 0. The number of anilines is 1. The number of rotatable bonds is 5. The minimum atomic E-state index is 0.0934. The van der Waals surface area contributed by atoms with Crippen molar-refractivity contribution in [2.45, 2.75) is 0 Å². The Balaban J connectivity index is 1.47. The Hall–Kier alpha value is -2.33. The van der Waals surface area contributed by atoms with Gasteiger partial charge in [0.05, 0.1) is 5.69 Å². The molecule has 1 heterocycles. The van der Waals surface area contributed by atoms with Gasteiger partial charge < -0.3 is 9.64 Å². The topological polar surface area (TPSA) is 32.8 Å². The minimum absolute atomic E-state index is 0.0934. The van der Waals surface area contributed by atoms with Crippen LogP contribution < -0.4 is 15.1 Å². The Morgan fingerprint density at radius 1 is 0.826 bits per heavy atom. The van der Waals surface area contributed by atoms with Crippen LogP contribution in [-0.4, -0.2) is 44.2 Å². The lowest BCUT2D eigenvalue weighted by molar-refractivity contribution is 0.200. The van der Waals surface area contributed by atoms with Crippen LogP contribution in [0.3, 0.4) is 0 Å². The summed E-state index contributed by atoms with van der Waals surface area (Å²) < 4.78 is 5.75. The fourth-order valence-electron chi connectivity index (χ4n) is 2.80. The molecule has 1 aliphatic heterocycles. The van der Waals surface area contributed by atoms with Gasteiger partial charge in [0, 0.05) is 32.7 Å². The Morgan fingerprint density at radius 3 is 2.22 bits per heavy atom. The molecule has 0 aromatic heterocycles. The lowest BCUT2D eigenvalue weighted by Gasteiger charge is -2.35. The van der Waals surface area contributed by atoms with E-state index in [-0.39, 0.29) is 5.43 Å². The molecule has 0 aliphatic carbocycles. The summed E-state index contributed by atoms with van der Waals surface area (Å²) in [6, 6.07) is 19.1. The molecule has 0 bridgehead atoms. The zero-order chi connectivity index (χ0) is 15.9. The molecular formula is C19H22N2O2. The van der Waals surface area contributed by atoms with E-state index in [1.54, 1.807) is 12.1 Å². The van der Waals surface area contributed by atoms with E-state index >= 15 is 0 Å². The van der Waals surface area contributed by atoms with E-state index in [1.165, 1.54) is 0 Å². The van der Waals surface area contributed by atoms with Gasteiger partial charge in [0.15, 0.2) is 0 Å². The van der Waals surface area contributed by atoms with Crippen LogP contribution in [0, 0.1) is 0 Å². The van der Waals surface area contributed by atoms with Crippen molar-refractivity contribution in [3.8, 4) is 5.75 Å². The monoisotopic (exact) mass is 310 g/mol. The Labute approximate surface area is 136 Å². The van der Waals surface area contributed by atoms with E-state index in [2.05, 4.69) is 9.80 Å². The second-order valence-electron chi connectivity index (χ2n) is 5.65. The summed E-state index contributed by atoms with van der Waals surface area (Å²) in [6.45, 7) is 5.27. The zero-order valence-electron chi connectivity index (χ0n) is 13.2. The third-order valence-electron chi connectivity index (χ3n) is 4.11. The van der Waals surface area contributed by atoms with Crippen LogP contribution in [0.15, 0.2) is 65.5 Å². The largest absolute Gasteiger partial charge is 0.492 e. The molecule has 0 spiro atoms. The third kappa shape index (κ3) is 4.33. The Kier molecular flexibility index (Phi) is 5.27. The molecule has 23 heavy (non-hydrogen) atoms. The molecule has 0 N–H and O–H groups in total. The molecule has 1 fully saturated rings. The molecule has 1 aliphatic rings. The van der Waals surface area contributed by atoms with E-state index < -0.39 is 0 Å². The van der Waals surface area contributed by atoms with Crippen molar-refractivity contribution in [3.63, 3.8) is 0 Å². The number of hydrogen-bond donors (Lipinski definition) is 0. The SMILES string of the molecule is O=c1cccccc1N1CCN(CCOc2ccccc2)CC1. The highest BCUT2D eigenvalue weighted by Crippen LogP contribution is 2.12. The van der Waals surface area contributed by atoms with Crippen LogP contribution in [0.4, 0.5) is 5.69 Å². The standard InChI is InChI=1S/C19H22N2O2/c22-19-10-6-2-5-9-18(19)21-13-11-20(12-14-21)15-16-23-17-7-3-1-4-8-17/h1-10H,11-16H2. The molecular weight excluding hydrogens is 288 g/mol. The first-order valence-electron chi connectivity index (χ1n) is 8.07. The van der Waals surface area contributed by atoms with E-state index in [1.807, 2.05) is 48.5 Å². The maximum atomic E-state index is 12.1. The molecule has 0 atom stereocenters.